The molecule has 0 bridgehead atoms. The first-order valence-electron chi connectivity index (χ1n) is 7.27. The van der Waals surface area contributed by atoms with Gasteiger partial charge >= 0.3 is 0 Å². The Morgan fingerprint density at radius 3 is 3.00 bits per heavy atom. The molecule has 0 radical (unpaired) electrons. The zero-order chi connectivity index (χ0) is 13.4. The molecule has 0 spiro atoms. The van der Waals surface area contributed by atoms with Crippen molar-refractivity contribution in [3.05, 3.63) is 15.6 Å². The number of nitrogens with two attached hydrogens (primary N) is 1. The van der Waals surface area contributed by atoms with Gasteiger partial charge in [-0.2, -0.15) is 0 Å². The lowest BCUT2D eigenvalue weighted by molar-refractivity contribution is 0.115. The van der Waals surface area contributed by atoms with Crippen LogP contribution < -0.4 is 5.73 Å². The lowest BCUT2D eigenvalue weighted by Crippen LogP contribution is -2.44. The van der Waals surface area contributed by atoms with E-state index in [1.165, 1.54) is 34.8 Å². The summed E-state index contributed by atoms with van der Waals surface area (Å²) in [7, 11) is 4.43. The van der Waals surface area contributed by atoms with E-state index in [-0.39, 0.29) is 0 Å². The summed E-state index contributed by atoms with van der Waals surface area (Å²) in [6.45, 7) is 4.13. The average Bonchev–Trinajstić information content (AvgIpc) is 2.85. The first kappa shape index (κ1) is 13.5. The van der Waals surface area contributed by atoms with Gasteiger partial charge in [0.1, 0.15) is 5.01 Å². The highest BCUT2D eigenvalue weighted by Crippen LogP contribution is 2.37. The zero-order valence-corrected chi connectivity index (χ0v) is 12.7. The van der Waals surface area contributed by atoms with Gasteiger partial charge in [0, 0.05) is 37.0 Å². The standard InChI is InChI=1S/C14H24N4S/c1-17-6-7-18(2)11(9-17)14-16-13-10(8-15)4-3-5-12(13)19-14/h10-11H,3-9,15H2,1-2H3. The maximum Gasteiger partial charge on any atom is 0.112 e. The SMILES string of the molecule is CN1CCN(C)C(c2nc3c(s2)CCCC3CN)C1. The van der Waals surface area contributed by atoms with Gasteiger partial charge < -0.3 is 10.6 Å². The van der Waals surface area contributed by atoms with Crippen molar-refractivity contribution in [2.24, 2.45) is 5.73 Å². The van der Waals surface area contributed by atoms with Gasteiger partial charge in [-0.15, -0.1) is 11.3 Å². The van der Waals surface area contributed by atoms with E-state index >= 15 is 0 Å². The van der Waals surface area contributed by atoms with Crippen LogP contribution in [0.5, 0.6) is 0 Å². The van der Waals surface area contributed by atoms with Gasteiger partial charge in [0.05, 0.1) is 11.7 Å². The van der Waals surface area contributed by atoms with E-state index in [1.807, 2.05) is 11.3 Å². The largest absolute Gasteiger partial charge is 0.330 e. The van der Waals surface area contributed by atoms with E-state index < -0.39 is 0 Å². The lowest BCUT2D eigenvalue weighted by atomic mass is 9.91. The molecule has 1 saturated heterocycles. The number of likely N-dealkylation sites (N-methyl/N-ethyl adjacent to an activating group) is 2. The van der Waals surface area contributed by atoms with Crippen molar-refractivity contribution in [1.82, 2.24) is 14.8 Å². The van der Waals surface area contributed by atoms with E-state index in [2.05, 4.69) is 23.9 Å². The number of aromatic nitrogens is 1. The molecule has 1 aliphatic heterocycles. The smallest absolute Gasteiger partial charge is 0.112 e. The van der Waals surface area contributed by atoms with Crippen LogP contribution in [-0.4, -0.2) is 55.1 Å². The number of thiazole rings is 1. The quantitative estimate of drug-likeness (QED) is 0.890. The summed E-state index contributed by atoms with van der Waals surface area (Å²) >= 11 is 1.93. The molecule has 1 aliphatic carbocycles. The molecule has 2 atom stereocenters. The van der Waals surface area contributed by atoms with Gasteiger partial charge in [-0.3, -0.25) is 4.90 Å². The molecule has 0 aromatic carbocycles. The van der Waals surface area contributed by atoms with Crippen LogP contribution >= 0.6 is 11.3 Å². The summed E-state index contributed by atoms with van der Waals surface area (Å²) in [5, 5.41) is 1.31. The normalized spacial score (nSPS) is 29.4. The Morgan fingerprint density at radius 1 is 1.37 bits per heavy atom. The van der Waals surface area contributed by atoms with E-state index in [0.717, 1.165) is 26.2 Å². The molecule has 1 aromatic rings. The molecule has 0 saturated carbocycles. The predicted octanol–water partition coefficient (Wildman–Crippen LogP) is 1.44. The van der Waals surface area contributed by atoms with Gasteiger partial charge in [-0.05, 0) is 33.4 Å². The van der Waals surface area contributed by atoms with Crippen molar-refractivity contribution in [1.29, 1.82) is 0 Å². The van der Waals surface area contributed by atoms with Crippen molar-refractivity contribution in [2.75, 3.05) is 40.3 Å². The fourth-order valence-corrected chi connectivity index (χ4v) is 4.53. The molecule has 0 amide bonds. The molecule has 2 aliphatic rings. The van der Waals surface area contributed by atoms with Crippen LogP contribution in [-0.2, 0) is 6.42 Å². The Hall–Kier alpha value is -0.490. The molecule has 106 valence electrons. The Kier molecular flexibility index (Phi) is 3.89. The minimum absolute atomic E-state index is 0.466. The van der Waals surface area contributed by atoms with Crippen molar-refractivity contribution in [3.63, 3.8) is 0 Å². The van der Waals surface area contributed by atoms with Crippen molar-refractivity contribution in [2.45, 2.75) is 31.2 Å². The second kappa shape index (κ2) is 5.48. The third-order valence-corrected chi connectivity index (χ3v) is 5.74. The van der Waals surface area contributed by atoms with E-state index in [0.29, 0.717) is 12.0 Å². The van der Waals surface area contributed by atoms with Crippen LogP contribution in [0.2, 0.25) is 0 Å². The van der Waals surface area contributed by atoms with Crippen LogP contribution in [0.1, 0.15) is 40.4 Å². The molecule has 4 nitrogen and oxygen atoms in total. The summed E-state index contributed by atoms with van der Waals surface area (Å²) in [6, 6.07) is 0.466. The van der Waals surface area contributed by atoms with E-state index in [4.69, 9.17) is 10.7 Å². The number of rotatable bonds is 2. The number of fused-ring (bicyclic) bond motifs is 1. The minimum atomic E-state index is 0.466. The van der Waals surface area contributed by atoms with Crippen molar-refractivity contribution in [3.8, 4) is 0 Å². The summed E-state index contributed by atoms with van der Waals surface area (Å²) in [4.78, 5) is 11.3. The minimum Gasteiger partial charge on any atom is -0.330 e. The van der Waals surface area contributed by atoms with Gasteiger partial charge in [0.15, 0.2) is 0 Å². The van der Waals surface area contributed by atoms with Crippen molar-refractivity contribution < 1.29 is 0 Å². The second-order valence-electron chi connectivity index (χ2n) is 5.94. The van der Waals surface area contributed by atoms with Gasteiger partial charge in [-0.25, -0.2) is 4.98 Å². The number of piperazine rings is 1. The Morgan fingerprint density at radius 2 is 2.21 bits per heavy atom. The zero-order valence-electron chi connectivity index (χ0n) is 11.9. The fourth-order valence-electron chi connectivity index (χ4n) is 3.18. The monoisotopic (exact) mass is 280 g/mol. The highest BCUT2D eigenvalue weighted by Gasteiger charge is 2.30. The van der Waals surface area contributed by atoms with Crippen LogP contribution in [0.4, 0.5) is 0 Å². The van der Waals surface area contributed by atoms with Crippen LogP contribution in [0.3, 0.4) is 0 Å². The lowest BCUT2D eigenvalue weighted by Gasteiger charge is -2.36. The number of hydrogen-bond acceptors (Lipinski definition) is 5. The molecule has 5 heteroatoms. The van der Waals surface area contributed by atoms with Crippen molar-refractivity contribution >= 4 is 11.3 Å². The molecular weight excluding hydrogens is 256 g/mol. The predicted molar refractivity (Wildman–Crippen MR) is 79.7 cm³/mol. The third kappa shape index (κ3) is 2.57. The Labute approximate surface area is 119 Å². The topological polar surface area (TPSA) is 45.4 Å². The average molecular weight is 280 g/mol. The highest BCUT2D eigenvalue weighted by atomic mass is 32.1. The molecule has 2 unspecified atom stereocenters. The summed E-state index contributed by atoms with van der Waals surface area (Å²) in [5.74, 6) is 0.500. The summed E-state index contributed by atoms with van der Waals surface area (Å²) in [5.41, 5.74) is 7.22. The summed E-state index contributed by atoms with van der Waals surface area (Å²) < 4.78 is 0. The van der Waals surface area contributed by atoms with E-state index in [1.54, 1.807) is 0 Å². The van der Waals surface area contributed by atoms with Gasteiger partial charge in [0.25, 0.3) is 0 Å². The second-order valence-corrected chi connectivity index (χ2v) is 7.06. The third-order valence-electron chi connectivity index (χ3n) is 4.51. The molecule has 3 rings (SSSR count). The van der Waals surface area contributed by atoms with Gasteiger partial charge in [-0.1, -0.05) is 0 Å². The van der Waals surface area contributed by atoms with Crippen LogP contribution in [0, 0.1) is 0 Å². The Balaban J connectivity index is 1.87. The number of nitrogens with zero attached hydrogens (tertiary/aromatic N) is 3. The summed E-state index contributed by atoms with van der Waals surface area (Å²) in [6.07, 6.45) is 3.69. The molecular formula is C14H24N4S. The maximum atomic E-state index is 5.90. The van der Waals surface area contributed by atoms with Gasteiger partial charge in [0.2, 0.25) is 0 Å². The Bertz CT molecular complexity index is 445. The first-order valence-corrected chi connectivity index (χ1v) is 8.09. The molecule has 19 heavy (non-hydrogen) atoms. The molecule has 1 fully saturated rings. The fraction of sp³-hybridized carbons (Fsp3) is 0.786. The molecule has 2 heterocycles. The van der Waals surface area contributed by atoms with Crippen LogP contribution in [0.15, 0.2) is 0 Å². The molecule has 1 aromatic heterocycles. The first-order chi connectivity index (χ1) is 9.19. The maximum absolute atomic E-state index is 5.90. The highest BCUT2D eigenvalue weighted by molar-refractivity contribution is 7.11. The van der Waals surface area contributed by atoms with Crippen LogP contribution in [0.25, 0.3) is 0 Å². The molecule has 2 N–H and O–H groups in total. The number of hydrogen-bond donors (Lipinski definition) is 1. The number of aryl methyl sites for hydroxylation is 1. The van der Waals surface area contributed by atoms with E-state index in [9.17, 15) is 0 Å².